The smallest absolute Gasteiger partial charge is 0.256 e. The molecule has 0 unspecified atom stereocenters. The number of hydrogen-bond donors (Lipinski definition) is 0. The number of hydrogen-bond acceptors (Lipinski definition) is 2. The van der Waals surface area contributed by atoms with Crippen molar-refractivity contribution in [1.29, 1.82) is 0 Å². The zero-order valence-corrected chi connectivity index (χ0v) is 9.26. The molecule has 1 heterocycles. The third-order valence-corrected chi connectivity index (χ3v) is 2.55. The van der Waals surface area contributed by atoms with Gasteiger partial charge in [0.2, 0.25) is 0 Å². The molecule has 0 saturated carbocycles. The molecule has 0 fully saturated rings. The molecule has 2 aromatic rings. The van der Waals surface area contributed by atoms with E-state index in [9.17, 15) is 4.79 Å². The maximum Gasteiger partial charge on any atom is 0.256 e. The fraction of sp³-hybridized carbons (Fsp3) is 0.231. The van der Waals surface area contributed by atoms with Crippen LogP contribution in [0.1, 0.15) is 18.1 Å². The largest absolute Gasteiger partial charge is 0.299 e. The van der Waals surface area contributed by atoms with Gasteiger partial charge >= 0.3 is 0 Å². The summed E-state index contributed by atoms with van der Waals surface area (Å²) in [5, 5.41) is 0. The lowest BCUT2D eigenvalue weighted by Crippen LogP contribution is -2.23. The quantitative estimate of drug-likeness (QED) is 0.781. The zero-order chi connectivity index (χ0) is 11.4. The average Bonchev–Trinajstić information content (AvgIpc) is 2.33. The van der Waals surface area contributed by atoms with Crippen molar-refractivity contribution < 1.29 is 0 Å². The summed E-state index contributed by atoms with van der Waals surface area (Å²) in [6.07, 6.45) is 3.88. The Bertz CT molecular complexity index is 517. The highest BCUT2D eigenvalue weighted by atomic mass is 16.1. The normalized spacial score (nSPS) is 10.3. The lowest BCUT2D eigenvalue weighted by atomic mass is 10.1. The molecule has 0 bridgehead atoms. The monoisotopic (exact) mass is 214 g/mol. The number of aryl methyl sites for hydroxylation is 1. The molecule has 1 aromatic heterocycles. The molecule has 2 rings (SSSR count). The van der Waals surface area contributed by atoms with E-state index in [1.54, 1.807) is 17.1 Å². The van der Waals surface area contributed by atoms with E-state index in [2.05, 4.69) is 4.98 Å². The summed E-state index contributed by atoms with van der Waals surface area (Å²) in [4.78, 5) is 16.0. The lowest BCUT2D eigenvalue weighted by molar-refractivity contribution is 0.696. The van der Waals surface area contributed by atoms with E-state index in [1.807, 2.05) is 37.3 Å². The van der Waals surface area contributed by atoms with E-state index in [4.69, 9.17) is 0 Å². The number of aromatic nitrogens is 2. The third kappa shape index (κ3) is 2.19. The summed E-state index contributed by atoms with van der Waals surface area (Å²) in [5.74, 6) is 0. The van der Waals surface area contributed by atoms with E-state index in [0.717, 1.165) is 11.1 Å². The molecule has 0 N–H and O–H groups in total. The van der Waals surface area contributed by atoms with E-state index >= 15 is 0 Å². The van der Waals surface area contributed by atoms with Crippen molar-refractivity contribution in [3.8, 4) is 0 Å². The van der Waals surface area contributed by atoms with Gasteiger partial charge in [0, 0.05) is 24.7 Å². The molecule has 0 amide bonds. The van der Waals surface area contributed by atoms with Crippen molar-refractivity contribution in [2.45, 2.75) is 19.9 Å². The second-order valence-corrected chi connectivity index (χ2v) is 3.67. The Morgan fingerprint density at radius 3 is 2.69 bits per heavy atom. The maximum absolute atomic E-state index is 11.9. The molecule has 0 saturated heterocycles. The summed E-state index contributed by atoms with van der Waals surface area (Å²) < 4.78 is 1.62. The van der Waals surface area contributed by atoms with Gasteiger partial charge in [-0.05, 0) is 12.5 Å². The van der Waals surface area contributed by atoms with Crippen molar-refractivity contribution in [3.63, 3.8) is 0 Å². The topological polar surface area (TPSA) is 34.9 Å². The summed E-state index contributed by atoms with van der Waals surface area (Å²) in [7, 11) is 0. The van der Waals surface area contributed by atoms with Gasteiger partial charge in [0.1, 0.15) is 0 Å². The summed E-state index contributed by atoms with van der Waals surface area (Å²) in [5.41, 5.74) is 1.94. The Labute approximate surface area is 94.4 Å². The highest BCUT2D eigenvalue weighted by molar-refractivity contribution is 5.22. The van der Waals surface area contributed by atoms with Crippen LogP contribution in [0, 0.1) is 0 Å². The van der Waals surface area contributed by atoms with Crippen LogP contribution in [-0.4, -0.2) is 9.55 Å². The Morgan fingerprint density at radius 1 is 1.25 bits per heavy atom. The van der Waals surface area contributed by atoms with Crippen molar-refractivity contribution in [1.82, 2.24) is 9.55 Å². The first-order chi connectivity index (χ1) is 7.81. The van der Waals surface area contributed by atoms with Gasteiger partial charge < -0.3 is 0 Å². The van der Waals surface area contributed by atoms with Gasteiger partial charge in [-0.2, -0.15) is 0 Å². The highest BCUT2D eigenvalue weighted by Crippen LogP contribution is 2.04. The van der Waals surface area contributed by atoms with Crippen LogP contribution >= 0.6 is 0 Å². The van der Waals surface area contributed by atoms with Crippen LogP contribution in [0.5, 0.6) is 0 Å². The average molecular weight is 214 g/mol. The second kappa shape index (κ2) is 4.75. The van der Waals surface area contributed by atoms with Gasteiger partial charge in [0.25, 0.3) is 5.56 Å². The minimum absolute atomic E-state index is 0.0568. The molecule has 0 radical (unpaired) electrons. The molecule has 0 aliphatic heterocycles. The van der Waals surface area contributed by atoms with Crippen LogP contribution in [0.3, 0.4) is 0 Å². The molecule has 3 nitrogen and oxygen atoms in total. The Hall–Kier alpha value is -1.90. The van der Waals surface area contributed by atoms with Crippen molar-refractivity contribution in [2.75, 3.05) is 0 Å². The highest BCUT2D eigenvalue weighted by Gasteiger charge is 2.03. The predicted molar refractivity (Wildman–Crippen MR) is 63.4 cm³/mol. The van der Waals surface area contributed by atoms with Crippen molar-refractivity contribution >= 4 is 0 Å². The molecular weight excluding hydrogens is 200 g/mol. The van der Waals surface area contributed by atoms with E-state index < -0.39 is 0 Å². The first-order valence-corrected chi connectivity index (χ1v) is 5.38. The number of benzene rings is 1. The maximum atomic E-state index is 11.9. The molecule has 3 heteroatoms. The van der Waals surface area contributed by atoms with Crippen molar-refractivity contribution in [3.05, 3.63) is 64.3 Å². The number of nitrogens with zero attached hydrogens (tertiary/aromatic N) is 2. The fourth-order valence-corrected chi connectivity index (χ4v) is 1.66. The van der Waals surface area contributed by atoms with Crippen LogP contribution < -0.4 is 5.56 Å². The third-order valence-electron chi connectivity index (χ3n) is 2.55. The zero-order valence-electron chi connectivity index (χ0n) is 9.26. The lowest BCUT2D eigenvalue weighted by Gasteiger charge is -2.04. The molecule has 0 atom stereocenters. The minimum atomic E-state index is 0.0568. The molecular formula is C13H14N2O. The van der Waals surface area contributed by atoms with Crippen molar-refractivity contribution in [2.24, 2.45) is 0 Å². The molecule has 82 valence electrons. The molecule has 16 heavy (non-hydrogen) atoms. The molecule has 0 aliphatic rings. The number of rotatable bonds is 3. The standard InChI is InChI=1S/C13H14N2O/c1-2-15-10-14-9-12(13(15)16)8-11-6-4-3-5-7-11/h3-7,9-10H,2,8H2,1H3. The van der Waals surface area contributed by atoms with Gasteiger partial charge in [-0.15, -0.1) is 0 Å². The van der Waals surface area contributed by atoms with Gasteiger partial charge in [-0.1, -0.05) is 30.3 Å². The van der Waals surface area contributed by atoms with Crippen LogP contribution in [-0.2, 0) is 13.0 Å². The summed E-state index contributed by atoms with van der Waals surface area (Å²) in [6, 6.07) is 9.95. The molecule has 0 spiro atoms. The fourth-order valence-electron chi connectivity index (χ4n) is 1.66. The Kier molecular flexibility index (Phi) is 3.15. The summed E-state index contributed by atoms with van der Waals surface area (Å²) in [6.45, 7) is 2.60. The van der Waals surface area contributed by atoms with Crippen LogP contribution in [0.4, 0.5) is 0 Å². The molecule has 1 aromatic carbocycles. The minimum Gasteiger partial charge on any atom is -0.299 e. The Balaban J connectivity index is 2.32. The van der Waals surface area contributed by atoms with Gasteiger partial charge in [-0.3, -0.25) is 9.36 Å². The first-order valence-electron chi connectivity index (χ1n) is 5.38. The molecule has 0 aliphatic carbocycles. The van der Waals surface area contributed by atoms with E-state index in [1.165, 1.54) is 0 Å². The Morgan fingerprint density at radius 2 is 2.00 bits per heavy atom. The second-order valence-electron chi connectivity index (χ2n) is 3.67. The predicted octanol–water partition coefficient (Wildman–Crippen LogP) is 1.85. The SMILES string of the molecule is CCn1cncc(Cc2ccccc2)c1=O. The van der Waals surface area contributed by atoms with Crippen LogP contribution in [0.25, 0.3) is 0 Å². The van der Waals surface area contributed by atoms with Gasteiger partial charge in [0.15, 0.2) is 0 Å². The first kappa shape index (κ1) is 10.6. The van der Waals surface area contributed by atoms with Gasteiger partial charge in [-0.25, -0.2) is 4.98 Å². The van der Waals surface area contributed by atoms with E-state index in [0.29, 0.717) is 13.0 Å². The van der Waals surface area contributed by atoms with Crippen LogP contribution in [0.2, 0.25) is 0 Å². The summed E-state index contributed by atoms with van der Waals surface area (Å²) >= 11 is 0. The van der Waals surface area contributed by atoms with Crippen LogP contribution in [0.15, 0.2) is 47.7 Å². The van der Waals surface area contributed by atoms with Gasteiger partial charge in [0.05, 0.1) is 6.33 Å². The van der Waals surface area contributed by atoms with E-state index in [-0.39, 0.29) is 5.56 Å².